The maximum absolute atomic E-state index is 13.0. The lowest BCUT2D eigenvalue weighted by Crippen LogP contribution is -2.47. The molecule has 0 bridgehead atoms. The third kappa shape index (κ3) is 4.44. The van der Waals surface area contributed by atoms with Crippen molar-refractivity contribution in [3.8, 4) is 0 Å². The van der Waals surface area contributed by atoms with Crippen molar-refractivity contribution in [2.75, 3.05) is 32.8 Å². The van der Waals surface area contributed by atoms with E-state index in [-0.39, 0.29) is 18.0 Å². The minimum absolute atomic E-state index is 0.220. The highest BCUT2D eigenvalue weighted by Crippen LogP contribution is 2.33. The third-order valence-electron chi connectivity index (χ3n) is 7.85. The largest absolute Gasteiger partial charge is 0.377 e. The van der Waals surface area contributed by atoms with Crippen molar-refractivity contribution in [3.63, 3.8) is 0 Å². The van der Waals surface area contributed by atoms with Gasteiger partial charge in [-0.15, -0.1) is 0 Å². The highest BCUT2D eigenvalue weighted by atomic mass is 16.5. The number of imidazole rings is 1. The number of piperidine rings is 1. The summed E-state index contributed by atoms with van der Waals surface area (Å²) in [5.74, 6) is 0.524. The summed E-state index contributed by atoms with van der Waals surface area (Å²) >= 11 is 0. The van der Waals surface area contributed by atoms with Crippen molar-refractivity contribution < 1.29 is 14.3 Å². The Balaban J connectivity index is 1.22. The van der Waals surface area contributed by atoms with Crippen LogP contribution in [-0.2, 0) is 21.4 Å². The Bertz CT molecular complexity index is 1120. The standard InChI is InChI=1S/C25H35N5O4/c1-28-22-12-17(4-7-20(22)30(25(28)33)21-8-9-23(31)27-24(21)32)18-14-29(15-18)13-16-2-5-19(6-3-16)34-11-10-26/h4,7,12,16,18-19,21H,2-3,5-6,8-11,13-15,26H2,1H3,(H,27,31,32). The number of ether oxygens (including phenoxy) is 1. The van der Waals surface area contributed by atoms with E-state index in [2.05, 4.69) is 22.3 Å². The number of fused-ring (bicyclic) bond motifs is 1. The first-order valence-electron chi connectivity index (χ1n) is 12.5. The molecule has 9 heteroatoms. The fraction of sp³-hybridized carbons (Fsp3) is 0.640. The van der Waals surface area contributed by atoms with Gasteiger partial charge in [0.15, 0.2) is 0 Å². The molecule has 3 aliphatic rings. The van der Waals surface area contributed by atoms with Crippen LogP contribution in [0.3, 0.4) is 0 Å². The first-order chi connectivity index (χ1) is 16.4. The summed E-state index contributed by atoms with van der Waals surface area (Å²) in [6, 6.07) is 5.50. The zero-order valence-electron chi connectivity index (χ0n) is 19.9. The Morgan fingerprint density at radius 3 is 2.53 bits per heavy atom. The van der Waals surface area contributed by atoms with Crippen LogP contribution in [0.4, 0.5) is 0 Å². The van der Waals surface area contributed by atoms with Gasteiger partial charge in [-0.05, 0) is 55.7 Å². The molecule has 34 heavy (non-hydrogen) atoms. The molecule has 0 radical (unpaired) electrons. The maximum Gasteiger partial charge on any atom is 0.329 e. The van der Waals surface area contributed by atoms with Gasteiger partial charge in [0.2, 0.25) is 11.8 Å². The summed E-state index contributed by atoms with van der Waals surface area (Å²) in [6.45, 7) is 4.48. The molecule has 5 rings (SSSR count). The van der Waals surface area contributed by atoms with Gasteiger partial charge in [-0.2, -0.15) is 0 Å². The number of aryl methyl sites for hydroxylation is 1. The van der Waals surface area contributed by atoms with E-state index >= 15 is 0 Å². The molecule has 3 N–H and O–H groups in total. The minimum atomic E-state index is -0.644. The van der Waals surface area contributed by atoms with Crippen molar-refractivity contribution in [3.05, 3.63) is 34.2 Å². The molecule has 3 fully saturated rings. The monoisotopic (exact) mass is 469 g/mol. The van der Waals surface area contributed by atoms with Crippen LogP contribution in [-0.4, -0.2) is 64.7 Å². The summed E-state index contributed by atoms with van der Waals surface area (Å²) in [6.07, 6.45) is 5.70. The van der Waals surface area contributed by atoms with Gasteiger partial charge in [-0.3, -0.25) is 24.0 Å². The van der Waals surface area contributed by atoms with Crippen LogP contribution in [0.1, 0.15) is 56.0 Å². The summed E-state index contributed by atoms with van der Waals surface area (Å²) in [7, 11) is 1.75. The number of hydrogen-bond donors (Lipinski definition) is 2. The van der Waals surface area contributed by atoms with E-state index in [0.717, 1.165) is 49.4 Å². The predicted molar refractivity (Wildman–Crippen MR) is 129 cm³/mol. The molecule has 1 aromatic heterocycles. The number of likely N-dealkylation sites (tertiary alicyclic amines) is 1. The molecule has 1 aromatic carbocycles. The number of amides is 2. The number of imide groups is 1. The highest BCUT2D eigenvalue weighted by Gasteiger charge is 2.33. The van der Waals surface area contributed by atoms with Gasteiger partial charge in [-0.1, -0.05) is 6.07 Å². The van der Waals surface area contributed by atoms with Gasteiger partial charge in [0.25, 0.3) is 0 Å². The van der Waals surface area contributed by atoms with Crippen molar-refractivity contribution >= 4 is 22.8 Å². The molecule has 1 saturated carbocycles. The number of nitrogens with two attached hydrogens (primary N) is 1. The Morgan fingerprint density at radius 1 is 1.06 bits per heavy atom. The summed E-state index contributed by atoms with van der Waals surface area (Å²) in [5.41, 5.74) is 8.14. The first kappa shape index (κ1) is 23.3. The zero-order valence-corrected chi connectivity index (χ0v) is 19.9. The van der Waals surface area contributed by atoms with E-state index in [1.165, 1.54) is 18.4 Å². The van der Waals surface area contributed by atoms with E-state index < -0.39 is 11.9 Å². The quantitative estimate of drug-likeness (QED) is 0.591. The highest BCUT2D eigenvalue weighted by molar-refractivity contribution is 6.00. The number of hydrogen-bond acceptors (Lipinski definition) is 6. The first-order valence-corrected chi connectivity index (χ1v) is 12.5. The Kier molecular flexibility index (Phi) is 6.59. The predicted octanol–water partition coefficient (Wildman–Crippen LogP) is 1.25. The van der Waals surface area contributed by atoms with Crippen LogP contribution < -0.4 is 16.7 Å². The van der Waals surface area contributed by atoms with E-state index in [1.54, 1.807) is 16.2 Å². The lowest BCUT2D eigenvalue weighted by Gasteiger charge is -2.42. The normalized spacial score (nSPS) is 26.6. The van der Waals surface area contributed by atoms with Crippen molar-refractivity contribution in [1.29, 1.82) is 0 Å². The van der Waals surface area contributed by atoms with Crippen LogP contribution in [0.15, 0.2) is 23.0 Å². The Morgan fingerprint density at radius 2 is 1.82 bits per heavy atom. The maximum atomic E-state index is 13.0. The van der Waals surface area contributed by atoms with Crippen LogP contribution in [0.5, 0.6) is 0 Å². The van der Waals surface area contributed by atoms with Gasteiger partial charge < -0.3 is 15.4 Å². The molecular formula is C25H35N5O4. The molecule has 184 valence electrons. The van der Waals surface area contributed by atoms with E-state index in [1.807, 2.05) is 6.07 Å². The number of benzene rings is 1. The number of rotatable bonds is 7. The van der Waals surface area contributed by atoms with Gasteiger partial charge in [0, 0.05) is 45.6 Å². The third-order valence-corrected chi connectivity index (χ3v) is 7.85. The molecule has 2 aromatic rings. The minimum Gasteiger partial charge on any atom is -0.377 e. The van der Waals surface area contributed by atoms with E-state index in [0.29, 0.717) is 31.6 Å². The molecule has 1 aliphatic carbocycles. The molecule has 1 atom stereocenters. The molecule has 1 unspecified atom stereocenters. The lowest BCUT2D eigenvalue weighted by molar-refractivity contribution is -0.135. The second-order valence-corrected chi connectivity index (χ2v) is 10.1. The molecule has 2 aliphatic heterocycles. The number of carbonyl (C=O) groups is 2. The lowest BCUT2D eigenvalue weighted by atomic mass is 9.84. The molecule has 2 amide bonds. The molecule has 0 spiro atoms. The molecular weight excluding hydrogens is 434 g/mol. The van der Waals surface area contributed by atoms with Crippen LogP contribution >= 0.6 is 0 Å². The van der Waals surface area contributed by atoms with Gasteiger partial charge in [0.1, 0.15) is 6.04 Å². The number of aromatic nitrogens is 2. The average molecular weight is 470 g/mol. The van der Waals surface area contributed by atoms with Crippen molar-refractivity contribution in [2.45, 2.75) is 56.6 Å². The molecule has 3 heterocycles. The number of nitrogens with one attached hydrogen (secondary N) is 1. The molecule has 2 saturated heterocycles. The van der Waals surface area contributed by atoms with Crippen LogP contribution in [0.25, 0.3) is 11.0 Å². The van der Waals surface area contributed by atoms with E-state index in [4.69, 9.17) is 10.5 Å². The summed E-state index contributed by atoms with van der Waals surface area (Å²) in [5, 5.41) is 2.36. The molecule has 9 nitrogen and oxygen atoms in total. The van der Waals surface area contributed by atoms with E-state index in [9.17, 15) is 14.4 Å². The number of carbonyl (C=O) groups excluding carboxylic acids is 2. The van der Waals surface area contributed by atoms with Gasteiger partial charge in [0.05, 0.1) is 23.7 Å². The fourth-order valence-electron chi connectivity index (χ4n) is 5.87. The topological polar surface area (TPSA) is 112 Å². The second kappa shape index (κ2) is 9.64. The SMILES string of the molecule is Cn1c(=O)n(C2CCC(=O)NC2=O)c2ccc(C3CN(CC4CCC(OCCN)CC4)C3)cc21. The van der Waals surface area contributed by atoms with Gasteiger partial charge >= 0.3 is 5.69 Å². The average Bonchev–Trinajstić information content (AvgIpc) is 3.05. The Hall–Kier alpha value is -2.49. The summed E-state index contributed by atoms with van der Waals surface area (Å²) < 4.78 is 8.96. The Labute approximate surface area is 199 Å². The van der Waals surface area contributed by atoms with Crippen molar-refractivity contribution in [1.82, 2.24) is 19.4 Å². The summed E-state index contributed by atoms with van der Waals surface area (Å²) in [4.78, 5) is 39.4. The fourth-order valence-corrected chi connectivity index (χ4v) is 5.87. The van der Waals surface area contributed by atoms with Crippen molar-refractivity contribution in [2.24, 2.45) is 18.7 Å². The zero-order chi connectivity index (χ0) is 23.8. The van der Waals surface area contributed by atoms with Gasteiger partial charge in [-0.25, -0.2) is 4.79 Å². The van der Waals surface area contributed by atoms with Crippen LogP contribution in [0, 0.1) is 5.92 Å². The second-order valence-electron chi connectivity index (χ2n) is 10.1. The van der Waals surface area contributed by atoms with Crippen LogP contribution in [0.2, 0.25) is 0 Å². The smallest absolute Gasteiger partial charge is 0.329 e. The number of nitrogens with zero attached hydrogens (tertiary/aromatic N) is 3.